The molecular weight excluding hydrogens is 400 g/mol. The van der Waals surface area contributed by atoms with Crippen molar-refractivity contribution in [1.82, 2.24) is 5.32 Å². The van der Waals surface area contributed by atoms with Crippen LogP contribution in [0.3, 0.4) is 0 Å². The number of nitrogens with zero attached hydrogens (tertiary/aromatic N) is 1. The molecule has 1 amide bonds. The summed E-state index contributed by atoms with van der Waals surface area (Å²) in [4.78, 5) is 26.2. The van der Waals surface area contributed by atoms with Crippen LogP contribution in [0.4, 0.5) is 5.69 Å². The van der Waals surface area contributed by atoms with Crippen molar-refractivity contribution in [2.45, 2.75) is 51.5 Å². The number of hydrogen-bond acceptors (Lipinski definition) is 3. The molecule has 0 spiro atoms. The lowest BCUT2D eigenvalue weighted by molar-refractivity contribution is -0.121. The highest BCUT2D eigenvalue weighted by molar-refractivity contribution is 6.30. The molecule has 0 saturated carbocycles. The molecule has 1 fully saturated rings. The summed E-state index contributed by atoms with van der Waals surface area (Å²) in [5.74, 6) is -1.04. The number of rotatable bonds is 8. The van der Waals surface area contributed by atoms with Crippen molar-refractivity contribution < 1.29 is 14.7 Å². The number of carboxylic acid groups (broad SMARTS) is 1. The van der Waals surface area contributed by atoms with Crippen LogP contribution >= 0.6 is 11.6 Å². The van der Waals surface area contributed by atoms with Gasteiger partial charge in [0.15, 0.2) is 0 Å². The first kappa shape index (κ1) is 22.2. The summed E-state index contributed by atoms with van der Waals surface area (Å²) in [5, 5.41) is 12.9. The predicted molar refractivity (Wildman–Crippen MR) is 120 cm³/mol. The van der Waals surface area contributed by atoms with E-state index in [9.17, 15) is 9.59 Å². The van der Waals surface area contributed by atoms with Crippen LogP contribution in [0.5, 0.6) is 0 Å². The number of aromatic carboxylic acids is 1. The number of anilines is 1. The predicted octanol–water partition coefficient (Wildman–Crippen LogP) is 5.23. The van der Waals surface area contributed by atoms with E-state index in [1.165, 1.54) is 31.4 Å². The lowest BCUT2D eigenvalue weighted by Gasteiger charge is -2.33. The maximum Gasteiger partial charge on any atom is 0.335 e. The highest BCUT2D eigenvalue weighted by Gasteiger charge is 2.22. The number of carbonyl (C=O) groups excluding carboxylic acids is 1. The minimum absolute atomic E-state index is 0.0731. The number of halogens is 1. The Kier molecular flexibility index (Phi) is 7.75. The molecule has 3 rings (SSSR count). The number of carboxylic acids is 1. The first-order valence-corrected chi connectivity index (χ1v) is 11.0. The SMILES string of the molecule is CCCC(NC(=O)Cc1ccc(C(=O)O)cc1)c1ccc(Cl)cc1N1CCCCC1. The molecule has 2 aromatic rings. The van der Waals surface area contributed by atoms with Gasteiger partial charge in [0.05, 0.1) is 18.0 Å². The summed E-state index contributed by atoms with van der Waals surface area (Å²) >= 11 is 6.31. The summed E-state index contributed by atoms with van der Waals surface area (Å²) in [6, 6.07) is 12.3. The number of hydrogen-bond donors (Lipinski definition) is 2. The molecule has 2 aromatic carbocycles. The molecule has 0 aliphatic carbocycles. The Bertz CT molecular complexity index is 877. The van der Waals surface area contributed by atoms with E-state index >= 15 is 0 Å². The molecular formula is C24H29ClN2O3. The van der Waals surface area contributed by atoms with Crippen LogP contribution in [0.1, 0.15) is 66.6 Å². The molecule has 1 atom stereocenters. The topological polar surface area (TPSA) is 69.6 Å². The van der Waals surface area contributed by atoms with Crippen LogP contribution in [0.25, 0.3) is 0 Å². The van der Waals surface area contributed by atoms with E-state index in [0.29, 0.717) is 5.02 Å². The first-order chi connectivity index (χ1) is 14.5. The Morgan fingerprint density at radius 1 is 1.10 bits per heavy atom. The molecule has 160 valence electrons. The third-order valence-corrected chi connectivity index (χ3v) is 5.78. The van der Waals surface area contributed by atoms with Gasteiger partial charge in [-0.15, -0.1) is 0 Å². The zero-order valence-electron chi connectivity index (χ0n) is 17.4. The third-order valence-electron chi connectivity index (χ3n) is 5.54. The smallest absolute Gasteiger partial charge is 0.335 e. The Labute approximate surface area is 183 Å². The molecule has 0 bridgehead atoms. The minimum Gasteiger partial charge on any atom is -0.478 e. The summed E-state index contributed by atoms with van der Waals surface area (Å²) < 4.78 is 0. The van der Waals surface area contributed by atoms with Crippen LogP contribution in [-0.4, -0.2) is 30.1 Å². The third kappa shape index (κ3) is 5.76. The fourth-order valence-electron chi connectivity index (χ4n) is 4.01. The minimum atomic E-state index is -0.970. The number of carbonyl (C=O) groups is 2. The van der Waals surface area contributed by atoms with Crippen molar-refractivity contribution >= 4 is 29.2 Å². The van der Waals surface area contributed by atoms with Gasteiger partial charge in [0.1, 0.15) is 0 Å². The van der Waals surface area contributed by atoms with Crippen molar-refractivity contribution in [2.24, 2.45) is 0 Å². The van der Waals surface area contributed by atoms with Crippen LogP contribution in [0, 0.1) is 0 Å². The highest BCUT2D eigenvalue weighted by Crippen LogP contribution is 2.33. The monoisotopic (exact) mass is 428 g/mol. The molecule has 2 N–H and O–H groups in total. The van der Waals surface area contributed by atoms with E-state index in [1.807, 2.05) is 18.2 Å². The summed E-state index contributed by atoms with van der Waals surface area (Å²) in [6.07, 6.45) is 5.59. The van der Waals surface area contributed by atoms with Gasteiger partial charge >= 0.3 is 5.97 Å². The summed E-state index contributed by atoms with van der Waals surface area (Å²) in [5.41, 5.74) is 3.24. The number of benzene rings is 2. The second-order valence-corrected chi connectivity index (χ2v) is 8.27. The standard InChI is InChI=1S/C24H29ClN2O3/c1-2-6-21(26-23(28)15-17-7-9-18(10-8-17)24(29)30)20-12-11-19(25)16-22(20)27-13-4-3-5-14-27/h7-12,16,21H,2-6,13-15H2,1H3,(H,26,28)(H,29,30). The normalized spacial score (nSPS) is 14.9. The van der Waals surface area contributed by atoms with E-state index < -0.39 is 5.97 Å². The molecule has 1 aliphatic rings. The van der Waals surface area contributed by atoms with E-state index in [4.69, 9.17) is 16.7 Å². The number of nitrogens with one attached hydrogen (secondary N) is 1. The summed E-state index contributed by atoms with van der Waals surface area (Å²) in [7, 11) is 0. The second kappa shape index (κ2) is 10.5. The Hall–Kier alpha value is -2.53. The quantitative estimate of drug-likeness (QED) is 0.604. The molecule has 1 saturated heterocycles. The van der Waals surface area contributed by atoms with E-state index in [1.54, 1.807) is 12.1 Å². The van der Waals surface area contributed by atoms with Gasteiger partial charge in [-0.05, 0) is 61.1 Å². The maximum absolute atomic E-state index is 12.8. The van der Waals surface area contributed by atoms with Gasteiger partial charge in [0, 0.05) is 23.8 Å². The molecule has 5 nitrogen and oxygen atoms in total. The van der Waals surface area contributed by atoms with Crippen LogP contribution < -0.4 is 10.2 Å². The largest absolute Gasteiger partial charge is 0.478 e. The highest BCUT2D eigenvalue weighted by atomic mass is 35.5. The Morgan fingerprint density at radius 2 is 1.80 bits per heavy atom. The second-order valence-electron chi connectivity index (χ2n) is 7.84. The zero-order valence-corrected chi connectivity index (χ0v) is 18.1. The lowest BCUT2D eigenvalue weighted by Crippen LogP contribution is -2.34. The Morgan fingerprint density at radius 3 is 2.43 bits per heavy atom. The fourth-order valence-corrected chi connectivity index (χ4v) is 4.18. The van der Waals surface area contributed by atoms with Gasteiger partial charge in [0.2, 0.25) is 5.91 Å². The van der Waals surface area contributed by atoms with Gasteiger partial charge in [-0.25, -0.2) is 4.79 Å². The number of amides is 1. The average Bonchev–Trinajstić information content (AvgIpc) is 2.74. The van der Waals surface area contributed by atoms with E-state index in [-0.39, 0.29) is 23.9 Å². The summed E-state index contributed by atoms with van der Waals surface area (Å²) in [6.45, 7) is 4.13. The van der Waals surface area contributed by atoms with Crippen molar-refractivity contribution in [3.05, 3.63) is 64.2 Å². The van der Waals surface area contributed by atoms with E-state index in [0.717, 1.165) is 42.7 Å². The molecule has 30 heavy (non-hydrogen) atoms. The first-order valence-electron chi connectivity index (χ1n) is 10.6. The fraction of sp³-hybridized carbons (Fsp3) is 0.417. The van der Waals surface area contributed by atoms with Crippen molar-refractivity contribution in [2.75, 3.05) is 18.0 Å². The molecule has 1 aliphatic heterocycles. The van der Waals surface area contributed by atoms with Gasteiger partial charge in [-0.3, -0.25) is 4.79 Å². The molecule has 0 aromatic heterocycles. The van der Waals surface area contributed by atoms with Gasteiger partial charge in [-0.2, -0.15) is 0 Å². The number of piperidine rings is 1. The Balaban J connectivity index is 1.76. The van der Waals surface area contributed by atoms with Gasteiger partial charge in [-0.1, -0.05) is 43.1 Å². The van der Waals surface area contributed by atoms with Crippen LogP contribution in [0.15, 0.2) is 42.5 Å². The van der Waals surface area contributed by atoms with Crippen molar-refractivity contribution in [3.63, 3.8) is 0 Å². The van der Waals surface area contributed by atoms with E-state index in [2.05, 4.69) is 17.1 Å². The molecule has 1 heterocycles. The van der Waals surface area contributed by atoms with Crippen LogP contribution in [0.2, 0.25) is 5.02 Å². The van der Waals surface area contributed by atoms with Crippen molar-refractivity contribution in [1.29, 1.82) is 0 Å². The van der Waals surface area contributed by atoms with Crippen LogP contribution in [-0.2, 0) is 11.2 Å². The molecule has 6 heteroatoms. The zero-order chi connectivity index (χ0) is 21.5. The van der Waals surface area contributed by atoms with Crippen molar-refractivity contribution in [3.8, 4) is 0 Å². The van der Waals surface area contributed by atoms with Gasteiger partial charge in [0.25, 0.3) is 0 Å². The maximum atomic E-state index is 12.8. The molecule has 0 radical (unpaired) electrons. The lowest BCUT2D eigenvalue weighted by atomic mass is 9.97. The molecule has 1 unspecified atom stereocenters. The average molecular weight is 429 g/mol. The van der Waals surface area contributed by atoms with Gasteiger partial charge < -0.3 is 15.3 Å².